The molecular weight excluding hydrogens is 292 g/mol. The summed E-state index contributed by atoms with van der Waals surface area (Å²) in [6.07, 6.45) is 3.67. The van der Waals surface area contributed by atoms with Gasteiger partial charge in [-0.25, -0.2) is 4.98 Å². The van der Waals surface area contributed by atoms with E-state index in [1.54, 1.807) is 6.08 Å². The van der Waals surface area contributed by atoms with Gasteiger partial charge in [0.2, 0.25) is 11.8 Å². The molecule has 2 aromatic rings. The highest BCUT2D eigenvalue weighted by atomic mass is 16.5. The van der Waals surface area contributed by atoms with Crippen LogP contribution in [0.2, 0.25) is 0 Å². The van der Waals surface area contributed by atoms with E-state index in [2.05, 4.69) is 20.2 Å². The summed E-state index contributed by atoms with van der Waals surface area (Å²) in [6, 6.07) is 7.89. The van der Waals surface area contributed by atoms with Crippen LogP contribution in [0.4, 0.5) is 5.95 Å². The fourth-order valence-electron chi connectivity index (χ4n) is 3.01. The monoisotopic (exact) mass is 312 g/mol. The lowest BCUT2D eigenvalue weighted by molar-refractivity contribution is 0.163. The highest BCUT2D eigenvalue weighted by Gasteiger charge is 2.21. The minimum atomic E-state index is -0.430. The van der Waals surface area contributed by atoms with Gasteiger partial charge >= 0.3 is 0 Å². The molecule has 0 spiro atoms. The third kappa shape index (κ3) is 3.00. The Morgan fingerprint density at radius 2 is 1.96 bits per heavy atom. The van der Waals surface area contributed by atoms with Gasteiger partial charge in [0.1, 0.15) is 6.10 Å². The van der Waals surface area contributed by atoms with Crippen LogP contribution in [0.3, 0.4) is 0 Å². The number of para-hydroxylation sites is 1. The van der Waals surface area contributed by atoms with Gasteiger partial charge in [0.15, 0.2) is 0 Å². The van der Waals surface area contributed by atoms with E-state index in [1.807, 2.05) is 30.3 Å². The molecule has 6 heteroatoms. The number of rotatable bonds is 3. The molecule has 0 radical (unpaired) electrons. The number of aromatic nitrogens is 2. The molecule has 2 heterocycles. The smallest absolute Gasteiger partial charge is 0.229 e. The van der Waals surface area contributed by atoms with E-state index in [9.17, 15) is 5.11 Å². The fraction of sp³-hybridized carbons (Fsp3) is 0.412. The number of benzene rings is 1. The molecule has 0 unspecified atom stereocenters. The number of nitrogens with zero attached hydrogens (tertiary/aromatic N) is 3. The molecule has 0 saturated carbocycles. The van der Waals surface area contributed by atoms with Crippen LogP contribution < -0.4 is 15.0 Å². The molecule has 1 aromatic heterocycles. The Balaban J connectivity index is 1.70. The third-order valence-corrected chi connectivity index (χ3v) is 4.24. The van der Waals surface area contributed by atoms with Crippen molar-refractivity contribution in [1.82, 2.24) is 15.3 Å². The van der Waals surface area contributed by atoms with Gasteiger partial charge in [0.25, 0.3) is 0 Å². The molecule has 1 saturated heterocycles. The van der Waals surface area contributed by atoms with E-state index in [-0.39, 0.29) is 6.10 Å². The summed E-state index contributed by atoms with van der Waals surface area (Å²) in [7, 11) is 0. The summed E-state index contributed by atoms with van der Waals surface area (Å²) in [5, 5.41) is 13.9. The van der Waals surface area contributed by atoms with Crippen LogP contribution in [0.15, 0.2) is 36.4 Å². The van der Waals surface area contributed by atoms with E-state index >= 15 is 0 Å². The summed E-state index contributed by atoms with van der Waals surface area (Å²) in [6.45, 7) is 3.65. The molecule has 120 valence electrons. The van der Waals surface area contributed by atoms with Crippen molar-refractivity contribution in [3.05, 3.63) is 36.4 Å². The Labute approximate surface area is 134 Å². The van der Waals surface area contributed by atoms with Crippen molar-refractivity contribution in [2.45, 2.75) is 18.6 Å². The quantitative estimate of drug-likeness (QED) is 0.827. The maximum absolute atomic E-state index is 9.63. The predicted molar refractivity (Wildman–Crippen MR) is 88.8 cm³/mol. The van der Waals surface area contributed by atoms with Gasteiger partial charge in [0, 0.05) is 32.6 Å². The van der Waals surface area contributed by atoms with Crippen molar-refractivity contribution in [3.8, 4) is 5.88 Å². The zero-order valence-electron chi connectivity index (χ0n) is 12.9. The number of fused-ring (bicyclic) bond motifs is 1. The predicted octanol–water partition coefficient (Wildman–Crippen LogP) is 1.11. The number of hydrogen-bond donors (Lipinski definition) is 2. The Bertz CT molecular complexity index is 728. The van der Waals surface area contributed by atoms with Crippen molar-refractivity contribution in [3.63, 3.8) is 0 Å². The summed E-state index contributed by atoms with van der Waals surface area (Å²) >= 11 is 0. The number of aliphatic hydroxyl groups is 1. The van der Waals surface area contributed by atoms with Gasteiger partial charge in [-0.2, -0.15) is 4.98 Å². The van der Waals surface area contributed by atoms with E-state index in [0.29, 0.717) is 18.2 Å². The van der Waals surface area contributed by atoms with Gasteiger partial charge in [-0.3, -0.25) is 0 Å². The molecule has 0 bridgehead atoms. The van der Waals surface area contributed by atoms with Crippen molar-refractivity contribution in [1.29, 1.82) is 0 Å². The van der Waals surface area contributed by atoms with Crippen LogP contribution in [0.1, 0.15) is 6.42 Å². The van der Waals surface area contributed by atoms with Crippen LogP contribution in [0.25, 0.3) is 10.9 Å². The van der Waals surface area contributed by atoms with E-state index < -0.39 is 6.10 Å². The Morgan fingerprint density at radius 3 is 2.74 bits per heavy atom. The van der Waals surface area contributed by atoms with Crippen molar-refractivity contribution >= 4 is 16.9 Å². The van der Waals surface area contributed by atoms with Crippen LogP contribution in [0, 0.1) is 0 Å². The molecule has 23 heavy (non-hydrogen) atoms. The first kappa shape index (κ1) is 14.4. The highest BCUT2D eigenvalue weighted by molar-refractivity contribution is 5.84. The molecule has 4 rings (SSSR count). The molecule has 2 atom stereocenters. The van der Waals surface area contributed by atoms with Gasteiger partial charge < -0.3 is 20.1 Å². The average Bonchev–Trinajstić information content (AvgIpc) is 3.00. The lowest BCUT2D eigenvalue weighted by atomic mass is 10.2. The molecule has 1 aliphatic heterocycles. The molecule has 0 amide bonds. The summed E-state index contributed by atoms with van der Waals surface area (Å²) in [4.78, 5) is 11.5. The first-order valence-corrected chi connectivity index (χ1v) is 8.05. The third-order valence-electron chi connectivity index (χ3n) is 4.24. The van der Waals surface area contributed by atoms with Crippen molar-refractivity contribution < 1.29 is 9.84 Å². The summed E-state index contributed by atoms with van der Waals surface area (Å²) < 4.78 is 6.05. The second kappa shape index (κ2) is 6.14. The molecule has 6 nitrogen and oxygen atoms in total. The average molecular weight is 312 g/mol. The van der Waals surface area contributed by atoms with Gasteiger partial charge in [-0.15, -0.1) is 0 Å². The van der Waals surface area contributed by atoms with Crippen LogP contribution in [-0.4, -0.2) is 53.5 Å². The topological polar surface area (TPSA) is 70.5 Å². The molecular formula is C17H20N4O2. The molecule has 2 aliphatic rings. The zero-order chi connectivity index (χ0) is 15.6. The van der Waals surface area contributed by atoms with E-state index in [1.165, 1.54) is 0 Å². The number of ether oxygens (including phenoxy) is 1. The lowest BCUT2D eigenvalue weighted by Gasteiger charge is -2.28. The maximum atomic E-state index is 9.63. The second-order valence-corrected chi connectivity index (χ2v) is 5.93. The second-order valence-electron chi connectivity index (χ2n) is 5.93. The number of nitrogens with one attached hydrogen (secondary N) is 1. The number of aliphatic hydroxyl groups excluding tert-OH is 1. The Kier molecular flexibility index (Phi) is 3.85. The largest absolute Gasteiger partial charge is 0.469 e. The van der Waals surface area contributed by atoms with Crippen molar-refractivity contribution in [2.75, 3.05) is 31.1 Å². The van der Waals surface area contributed by atoms with Gasteiger partial charge in [-0.1, -0.05) is 18.2 Å². The minimum absolute atomic E-state index is 0.140. The SMILES string of the molecule is O[C@H]1C=C[C@@H](Oc2nc(N3CCNCC3)nc3ccccc23)C1. The standard InChI is InChI=1S/C17H20N4O2/c22-12-5-6-13(11-12)23-16-14-3-1-2-4-15(14)19-17(20-16)21-9-7-18-8-10-21/h1-6,12-13,18,22H,7-11H2/t12-,13+/m0/s1. The molecule has 1 fully saturated rings. The first-order valence-electron chi connectivity index (χ1n) is 8.05. The lowest BCUT2D eigenvalue weighted by Crippen LogP contribution is -2.44. The van der Waals surface area contributed by atoms with Gasteiger partial charge in [-0.05, 0) is 18.2 Å². The van der Waals surface area contributed by atoms with Crippen LogP contribution >= 0.6 is 0 Å². The highest BCUT2D eigenvalue weighted by Crippen LogP contribution is 2.28. The molecule has 1 aliphatic carbocycles. The normalized spacial score (nSPS) is 24.3. The number of hydrogen-bond acceptors (Lipinski definition) is 6. The Morgan fingerprint density at radius 1 is 1.13 bits per heavy atom. The summed E-state index contributed by atoms with van der Waals surface area (Å²) in [5.74, 6) is 1.30. The fourth-order valence-corrected chi connectivity index (χ4v) is 3.01. The number of anilines is 1. The maximum Gasteiger partial charge on any atom is 0.229 e. The van der Waals surface area contributed by atoms with Crippen molar-refractivity contribution in [2.24, 2.45) is 0 Å². The van der Waals surface area contributed by atoms with E-state index in [0.717, 1.165) is 37.1 Å². The molecule has 1 aromatic carbocycles. The minimum Gasteiger partial charge on any atom is -0.469 e. The summed E-state index contributed by atoms with van der Waals surface area (Å²) in [5.41, 5.74) is 0.883. The Hall–Kier alpha value is -2.18. The van der Waals surface area contributed by atoms with E-state index in [4.69, 9.17) is 4.74 Å². The zero-order valence-corrected chi connectivity index (χ0v) is 12.9. The number of piperazine rings is 1. The first-order chi connectivity index (χ1) is 11.3. The van der Waals surface area contributed by atoms with Crippen LogP contribution in [-0.2, 0) is 0 Å². The van der Waals surface area contributed by atoms with Crippen LogP contribution in [0.5, 0.6) is 5.88 Å². The molecule has 2 N–H and O–H groups in total. The van der Waals surface area contributed by atoms with Gasteiger partial charge in [0.05, 0.1) is 17.0 Å².